The van der Waals surface area contributed by atoms with Crippen LogP contribution < -0.4 is 0 Å². The van der Waals surface area contributed by atoms with E-state index in [2.05, 4.69) is 0 Å². The van der Waals surface area contributed by atoms with Crippen LogP contribution in [0.3, 0.4) is 0 Å². The van der Waals surface area contributed by atoms with E-state index < -0.39 is 5.60 Å². The minimum Gasteiger partial charge on any atom is -0.457 e. The van der Waals surface area contributed by atoms with Crippen molar-refractivity contribution < 1.29 is 23.8 Å². The molecular formula is C24H34O5. The first kappa shape index (κ1) is 23.1. The van der Waals surface area contributed by atoms with Gasteiger partial charge < -0.3 is 14.2 Å². The first-order valence-electron chi connectivity index (χ1n) is 10.5. The van der Waals surface area contributed by atoms with E-state index in [1.807, 2.05) is 58.0 Å². The second kappa shape index (κ2) is 10.6. The lowest BCUT2D eigenvalue weighted by Gasteiger charge is -2.33. The molecule has 0 saturated carbocycles. The van der Waals surface area contributed by atoms with E-state index in [1.54, 1.807) is 6.92 Å². The van der Waals surface area contributed by atoms with E-state index in [0.29, 0.717) is 37.4 Å². The van der Waals surface area contributed by atoms with Crippen LogP contribution in [-0.2, 0) is 30.4 Å². The van der Waals surface area contributed by atoms with Crippen LogP contribution in [0.2, 0.25) is 0 Å². The van der Waals surface area contributed by atoms with Crippen LogP contribution in [0.25, 0.3) is 0 Å². The van der Waals surface area contributed by atoms with Crippen LogP contribution in [0, 0.1) is 11.8 Å². The Morgan fingerprint density at radius 2 is 1.79 bits per heavy atom. The second-order valence-electron chi connectivity index (χ2n) is 8.57. The van der Waals surface area contributed by atoms with E-state index >= 15 is 0 Å². The molecule has 0 unspecified atom stereocenters. The topological polar surface area (TPSA) is 61.8 Å². The van der Waals surface area contributed by atoms with Crippen molar-refractivity contribution >= 4 is 11.9 Å². The first-order valence-corrected chi connectivity index (χ1v) is 10.5. The third-order valence-corrected chi connectivity index (χ3v) is 4.93. The zero-order valence-electron chi connectivity index (χ0n) is 18.3. The Morgan fingerprint density at radius 3 is 2.41 bits per heavy atom. The number of ether oxygens (including phenoxy) is 3. The van der Waals surface area contributed by atoms with Crippen molar-refractivity contribution in [1.82, 2.24) is 0 Å². The van der Waals surface area contributed by atoms with Crippen molar-refractivity contribution in [1.29, 1.82) is 0 Å². The van der Waals surface area contributed by atoms with Gasteiger partial charge >= 0.3 is 11.9 Å². The van der Waals surface area contributed by atoms with Crippen molar-refractivity contribution in [2.24, 2.45) is 11.8 Å². The van der Waals surface area contributed by atoms with E-state index in [-0.39, 0.29) is 23.8 Å². The summed E-state index contributed by atoms with van der Waals surface area (Å²) in [5.74, 6) is -0.788. The molecule has 1 aromatic rings. The van der Waals surface area contributed by atoms with Crippen LogP contribution in [0.4, 0.5) is 0 Å². The average Bonchev–Trinajstić information content (AvgIpc) is 2.63. The minimum atomic E-state index is -0.602. The Hall–Kier alpha value is -2.14. The standard InChI is InChI=1S/C24H34O5/c1-6-11-20-19(14-10-15-27-16-18-12-8-7-9-13-18)21(17(2)28-22(20)25)23(26)29-24(3,4)5/h7-9,12-13,19-20H,6,10-11,14-16H2,1-5H3/t19-,20-/m1/s1. The highest BCUT2D eigenvalue weighted by molar-refractivity contribution is 5.93. The number of esters is 2. The molecule has 160 valence electrons. The molecule has 1 aliphatic heterocycles. The molecule has 0 aliphatic carbocycles. The third kappa shape index (κ3) is 7.00. The monoisotopic (exact) mass is 402 g/mol. The smallest absolute Gasteiger partial charge is 0.338 e. The molecule has 2 rings (SSSR count). The summed E-state index contributed by atoms with van der Waals surface area (Å²) in [6.07, 6.45) is 2.97. The van der Waals surface area contributed by atoms with Gasteiger partial charge in [0, 0.05) is 12.5 Å². The molecule has 2 atom stereocenters. The quantitative estimate of drug-likeness (QED) is 0.420. The normalized spacial score (nSPS) is 19.8. The average molecular weight is 403 g/mol. The molecule has 0 amide bonds. The van der Waals surface area contributed by atoms with Gasteiger partial charge in [0.2, 0.25) is 0 Å². The summed E-state index contributed by atoms with van der Waals surface area (Å²) in [4.78, 5) is 25.4. The van der Waals surface area contributed by atoms with Gasteiger partial charge in [0.25, 0.3) is 0 Å². The van der Waals surface area contributed by atoms with Crippen LogP contribution in [0.1, 0.15) is 65.9 Å². The van der Waals surface area contributed by atoms with E-state index in [9.17, 15) is 9.59 Å². The fourth-order valence-corrected chi connectivity index (χ4v) is 3.68. The summed E-state index contributed by atoms with van der Waals surface area (Å²) in [7, 11) is 0. The highest BCUT2D eigenvalue weighted by atomic mass is 16.6. The maximum atomic E-state index is 12.9. The zero-order chi connectivity index (χ0) is 21.4. The van der Waals surface area contributed by atoms with Gasteiger partial charge in [-0.3, -0.25) is 4.79 Å². The maximum Gasteiger partial charge on any atom is 0.338 e. The Morgan fingerprint density at radius 1 is 1.10 bits per heavy atom. The lowest BCUT2D eigenvalue weighted by molar-refractivity contribution is -0.155. The van der Waals surface area contributed by atoms with Gasteiger partial charge in [-0.15, -0.1) is 0 Å². The van der Waals surface area contributed by atoms with Crippen molar-refractivity contribution in [3.05, 3.63) is 47.2 Å². The Kier molecular flexibility index (Phi) is 8.45. The van der Waals surface area contributed by atoms with Gasteiger partial charge in [0.15, 0.2) is 0 Å². The van der Waals surface area contributed by atoms with Crippen molar-refractivity contribution in [2.75, 3.05) is 6.61 Å². The first-order chi connectivity index (χ1) is 13.7. The number of hydrogen-bond donors (Lipinski definition) is 0. The lowest BCUT2D eigenvalue weighted by Crippen LogP contribution is -2.37. The van der Waals surface area contributed by atoms with E-state index in [1.165, 1.54) is 0 Å². The number of hydrogen-bond acceptors (Lipinski definition) is 5. The summed E-state index contributed by atoms with van der Waals surface area (Å²) >= 11 is 0. The molecule has 0 saturated heterocycles. The number of allylic oxidation sites excluding steroid dienone is 1. The van der Waals surface area contributed by atoms with E-state index in [4.69, 9.17) is 14.2 Å². The minimum absolute atomic E-state index is 0.202. The fraction of sp³-hybridized carbons (Fsp3) is 0.583. The van der Waals surface area contributed by atoms with Crippen molar-refractivity contribution in [3.63, 3.8) is 0 Å². The Labute approximate surface area is 174 Å². The molecule has 5 nitrogen and oxygen atoms in total. The number of cyclic esters (lactones) is 1. The second-order valence-corrected chi connectivity index (χ2v) is 8.57. The summed E-state index contributed by atoms with van der Waals surface area (Å²) in [6, 6.07) is 10.0. The molecule has 0 aromatic heterocycles. The van der Waals surface area contributed by atoms with E-state index in [0.717, 1.165) is 18.4 Å². The maximum absolute atomic E-state index is 12.9. The molecule has 29 heavy (non-hydrogen) atoms. The largest absolute Gasteiger partial charge is 0.457 e. The highest BCUT2D eigenvalue weighted by Gasteiger charge is 2.41. The van der Waals surface area contributed by atoms with Gasteiger partial charge in [0.05, 0.1) is 18.1 Å². The molecule has 0 bridgehead atoms. The van der Waals surface area contributed by atoms with Crippen molar-refractivity contribution in [3.8, 4) is 0 Å². The number of carbonyl (C=O) groups excluding carboxylic acids is 2. The Bertz CT molecular complexity index is 715. The van der Waals surface area contributed by atoms with Gasteiger partial charge in [0.1, 0.15) is 11.4 Å². The van der Waals surface area contributed by atoms with Gasteiger partial charge in [-0.2, -0.15) is 0 Å². The number of carbonyl (C=O) groups is 2. The SMILES string of the molecule is CCC[C@H]1C(=O)OC(C)=C(C(=O)OC(C)(C)C)[C@@H]1CCCOCc1ccccc1. The summed E-state index contributed by atoms with van der Waals surface area (Å²) in [6.45, 7) is 10.4. The third-order valence-electron chi connectivity index (χ3n) is 4.93. The van der Waals surface area contributed by atoms with Crippen LogP contribution in [0.15, 0.2) is 41.7 Å². The molecule has 0 radical (unpaired) electrons. The zero-order valence-corrected chi connectivity index (χ0v) is 18.3. The van der Waals surface area contributed by atoms with Crippen LogP contribution in [-0.4, -0.2) is 24.1 Å². The summed E-state index contributed by atoms with van der Waals surface area (Å²) in [5.41, 5.74) is 1.03. The van der Waals surface area contributed by atoms with Gasteiger partial charge in [-0.05, 0) is 52.5 Å². The predicted octanol–water partition coefficient (Wildman–Crippen LogP) is 5.19. The molecule has 1 aromatic carbocycles. The highest BCUT2D eigenvalue weighted by Crippen LogP contribution is 2.38. The number of rotatable bonds is 9. The molecule has 1 aliphatic rings. The summed E-state index contributed by atoms with van der Waals surface area (Å²) in [5, 5.41) is 0. The molecule has 0 N–H and O–H groups in total. The lowest BCUT2D eigenvalue weighted by atomic mass is 9.78. The molecule has 0 fully saturated rings. The molecule has 1 heterocycles. The molecule has 0 spiro atoms. The summed E-state index contributed by atoms with van der Waals surface area (Å²) < 4.78 is 16.8. The van der Waals surface area contributed by atoms with Crippen LogP contribution >= 0.6 is 0 Å². The Balaban J connectivity index is 2.05. The van der Waals surface area contributed by atoms with Gasteiger partial charge in [-0.1, -0.05) is 43.7 Å². The molecule has 5 heteroatoms. The predicted molar refractivity (Wildman–Crippen MR) is 112 cm³/mol. The molecular weight excluding hydrogens is 368 g/mol. The number of benzene rings is 1. The van der Waals surface area contributed by atoms with Crippen LogP contribution in [0.5, 0.6) is 0 Å². The fourth-order valence-electron chi connectivity index (χ4n) is 3.68. The van der Waals surface area contributed by atoms with Crippen molar-refractivity contribution in [2.45, 2.75) is 72.5 Å². The van der Waals surface area contributed by atoms with Gasteiger partial charge in [-0.25, -0.2) is 4.79 Å².